The minimum absolute atomic E-state index is 0.00137. The Kier molecular flexibility index (Phi) is 6.37. The van der Waals surface area contributed by atoms with Crippen LogP contribution in [0.25, 0.3) is 0 Å². The molecular formula is C14H26N2O2. The molecule has 0 aliphatic heterocycles. The molecule has 4 heteroatoms. The first kappa shape index (κ1) is 16.9. The fourth-order valence-corrected chi connectivity index (χ4v) is 1.52. The van der Waals surface area contributed by atoms with Gasteiger partial charge in [-0.2, -0.15) is 0 Å². The van der Waals surface area contributed by atoms with Gasteiger partial charge in [-0.3, -0.25) is 9.69 Å². The van der Waals surface area contributed by atoms with Crippen LogP contribution in [0.2, 0.25) is 0 Å². The van der Waals surface area contributed by atoms with E-state index in [1.165, 1.54) is 0 Å². The lowest BCUT2D eigenvalue weighted by Crippen LogP contribution is -2.53. The van der Waals surface area contributed by atoms with E-state index >= 15 is 0 Å². The van der Waals surface area contributed by atoms with Crippen molar-refractivity contribution < 1.29 is 9.90 Å². The fraction of sp³-hybridized carbons (Fsp3) is 0.786. The van der Waals surface area contributed by atoms with E-state index in [4.69, 9.17) is 6.42 Å². The predicted molar refractivity (Wildman–Crippen MR) is 74.1 cm³/mol. The Morgan fingerprint density at radius 3 is 2.22 bits per heavy atom. The Morgan fingerprint density at radius 1 is 1.39 bits per heavy atom. The number of carbonyl (C=O) groups excluding carboxylic acids is 1. The van der Waals surface area contributed by atoms with E-state index in [1.807, 2.05) is 39.6 Å². The second kappa shape index (κ2) is 6.77. The van der Waals surface area contributed by atoms with E-state index in [2.05, 4.69) is 11.2 Å². The van der Waals surface area contributed by atoms with E-state index in [0.717, 1.165) is 0 Å². The summed E-state index contributed by atoms with van der Waals surface area (Å²) in [7, 11) is 1.81. The van der Waals surface area contributed by atoms with Gasteiger partial charge in [-0.1, -0.05) is 19.8 Å². The van der Waals surface area contributed by atoms with Gasteiger partial charge in [0, 0.05) is 5.54 Å². The summed E-state index contributed by atoms with van der Waals surface area (Å²) in [5.74, 6) is 2.56. The van der Waals surface area contributed by atoms with Crippen LogP contribution in [0.5, 0.6) is 0 Å². The van der Waals surface area contributed by atoms with E-state index in [9.17, 15) is 9.90 Å². The van der Waals surface area contributed by atoms with Gasteiger partial charge in [-0.05, 0) is 33.7 Å². The van der Waals surface area contributed by atoms with Gasteiger partial charge in [-0.15, -0.1) is 6.42 Å². The van der Waals surface area contributed by atoms with Gasteiger partial charge in [0.05, 0.1) is 13.2 Å². The third kappa shape index (κ3) is 4.32. The average Bonchev–Trinajstić information content (AvgIpc) is 2.36. The molecule has 0 spiro atoms. The van der Waals surface area contributed by atoms with E-state index in [-0.39, 0.29) is 19.1 Å². The molecule has 4 nitrogen and oxygen atoms in total. The van der Waals surface area contributed by atoms with Crippen molar-refractivity contribution in [2.24, 2.45) is 0 Å². The summed E-state index contributed by atoms with van der Waals surface area (Å²) < 4.78 is 0. The number of carbonyl (C=O) groups is 1. The van der Waals surface area contributed by atoms with Gasteiger partial charge >= 0.3 is 0 Å². The van der Waals surface area contributed by atoms with Crippen molar-refractivity contribution in [1.29, 1.82) is 0 Å². The van der Waals surface area contributed by atoms with Crippen molar-refractivity contribution in [2.75, 3.05) is 20.2 Å². The monoisotopic (exact) mass is 254 g/mol. The maximum atomic E-state index is 12.0. The Hall–Kier alpha value is -1.05. The first-order valence-electron chi connectivity index (χ1n) is 6.37. The summed E-state index contributed by atoms with van der Waals surface area (Å²) in [6.45, 7) is 7.91. The lowest BCUT2D eigenvalue weighted by atomic mass is 9.94. The molecule has 0 aliphatic rings. The number of nitrogens with one attached hydrogen (secondary N) is 1. The van der Waals surface area contributed by atoms with Crippen LogP contribution in [-0.2, 0) is 4.79 Å². The van der Waals surface area contributed by atoms with Gasteiger partial charge in [0.25, 0.3) is 0 Å². The lowest BCUT2D eigenvalue weighted by Gasteiger charge is -2.35. The van der Waals surface area contributed by atoms with Crippen molar-refractivity contribution in [3.8, 4) is 12.3 Å². The molecule has 0 aromatic rings. The number of hydrogen-bond donors (Lipinski definition) is 2. The normalized spacial score (nSPS) is 12.3. The van der Waals surface area contributed by atoms with E-state index in [1.54, 1.807) is 0 Å². The number of aliphatic hydroxyl groups excluding tert-OH is 1. The number of nitrogens with zero attached hydrogens (tertiary/aromatic N) is 1. The summed E-state index contributed by atoms with van der Waals surface area (Å²) in [6, 6.07) is 0. The van der Waals surface area contributed by atoms with Gasteiger partial charge in [0.1, 0.15) is 5.54 Å². The number of hydrogen-bond acceptors (Lipinski definition) is 3. The maximum Gasteiger partial charge on any atom is 0.235 e. The summed E-state index contributed by atoms with van der Waals surface area (Å²) in [6.07, 6.45) is 6.92. The average molecular weight is 254 g/mol. The molecule has 0 atom stereocenters. The number of terminal acetylenes is 1. The lowest BCUT2D eigenvalue weighted by molar-refractivity contribution is -0.124. The van der Waals surface area contributed by atoms with Crippen LogP contribution in [0.4, 0.5) is 0 Å². The molecule has 0 unspecified atom stereocenters. The predicted octanol–water partition coefficient (Wildman–Crippen LogP) is 0.997. The van der Waals surface area contributed by atoms with Crippen molar-refractivity contribution in [3.63, 3.8) is 0 Å². The summed E-state index contributed by atoms with van der Waals surface area (Å²) in [4.78, 5) is 13.8. The zero-order chi connectivity index (χ0) is 14.4. The van der Waals surface area contributed by atoms with Crippen LogP contribution in [0, 0.1) is 12.3 Å². The molecule has 0 aromatic heterocycles. The molecule has 0 aliphatic carbocycles. The van der Waals surface area contributed by atoms with Crippen LogP contribution in [-0.4, -0.2) is 47.2 Å². The van der Waals surface area contributed by atoms with Crippen LogP contribution in [0.1, 0.15) is 40.5 Å². The highest BCUT2D eigenvalue weighted by molar-refractivity contribution is 5.79. The highest BCUT2D eigenvalue weighted by Crippen LogP contribution is 2.14. The number of aliphatic hydroxyl groups is 1. The third-order valence-electron chi connectivity index (χ3n) is 3.66. The minimum atomic E-state index is -0.554. The zero-order valence-electron chi connectivity index (χ0n) is 12.2. The first-order chi connectivity index (χ1) is 8.26. The summed E-state index contributed by atoms with van der Waals surface area (Å²) in [5, 5.41) is 12.2. The van der Waals surface area contributed by atoms with Crippen LogP contribution >= 0.6 is 0 Å². The molecule has 0 radical (unpaired) electrons. The van der Waals surface area contributed by atoms with Crippen LogP contribution in [0.3, 0.4) is 0 Å². The zero-order valence-corrected chi connectivity index (χ0v) is 12.2. The fourth-order valence-electron chi connectivity index (χ4n) is 1.52. The second-order valence-electron chi connectivity index (χ2n) is 5.31. The molecular weight excluding hydrogens is 228 g/mol. The Morgan fingerprint density at radius 2 is 1.89 bits per heavy atom. The van der Waals surface area contributed by atoms with Crippen molar-refractivity contribution in [2.45, 2.75) is 51.6 Å². The Balaban J connectivity index is 4.58. The molecule has 0 rings (SSSR count). The second-order valence-corrected chi connectivity index (χ2v) is 5.31. The minimum Gasteiger partial charge on any atom is -0.394 e. The molecule has 0 aromatic carbocycles. The van der Waals surface area contributed by atoms with Crippen molar-refractivity contribution in [1.82, 2.24) is 10.2 Å². The number of likely N-dealkylation sites (N-methyl/N-ethyl adjacent to an activating group) is 1. The van der Waals surface area contributed by atoms with Crippen molar-refractivity contribution >= 4 is 5.91 Å². The number of amides is 1. The molecule has 0 bridgehead atoms. The third-order valence-corrected chi connectivity index (χ3v) is 3.66. The largest absolute Gasteiger partial charge is 0.394 e. The van der Waals surface area contributed by atoms with Gasteiger partial charge in [-0.25, -0.2) is 0 Å². The SMILES string of the molecule is C#CC(CC)(CC)NC(=O)CN(C)C(C)(C)CO. The molecule has 0 heterocycles. The molecule has 18 heavy (non-hydrogen) atoms. The number of rotatable bonds is 7. The van der Waals surface area contributed by atoms with Gasteiger partial charge < -0.3 is 10.4 Å². The van der Waals surface area contributed by atoms with Crippen LogP contribution < -0.4 is 5.32 Å². The highest BCUT2D eigenvalue weighted by Gasteiger charge is 2.28. The first-order valence-corrected chi connectivity index (χ1v) is 6.37. The molecule has 0 saturated carbocycles. The summed E-state index contributed by atoms with van der Waals surface area (Å²) in [5.41, 5.74) is -0.976. The van der Waals surface area contributed by atoms with E-state index < -0.39 is 11.1 Å². The highest BCUT2D eigenvalue weighted by atomic mass is 16.3. The Labute approximate surface area is 111 Å². The topological polar surface area (TPSA) is 52.6 Å². The summed E-state index contributed by atoms with van der Waals surface area (Å²) >= 11 is 0. The van der Waals surface area contributed by atoms with Gasteiger partial charge in [0.15, 0.2) is 0 Å². The van der Waals surface area contributed by atoms with Crippen LogP contribution in [0.15, 0.2) is 0 Å². The smallest absolute Gasteiger partial charge is 0.235 e. The standard InChI is InChI=1S/C14H26N2O2/c1-7-14(8-2,9-3)15-12(18)10-16(6)13(4,5)11-17/h1,17H,8-11H2,2-6H3,(H,15,18). The Bertz CT molecular complexity index is 314. The van der Waals surface area contributed by atoms with Gasteiger partial charge in [0.2, 0.25) is 5.91 Å². The van der Waals surface area contributed by atoms with E-state index in [0.29, 0.717) is 12.8 Å². The molecule has 2 N–H and O–H groups in total. The quantitative estimate of drug-likeness (QED) is 0.666. The molecule has 0 fully saturated rings. The molecule has 0 saturated heterocycles. The molecule has 1 amide bonds. The molecule has 104 valence electrons. The maximum absolute atomic E-state index is 12.0. The van der Waals surface area contributed by atoms with Crippen molar-refractivity contribution in [3.05, 3.63) is 0 Å².